The first-order valence-electron chi connectivity index (χ1n) is 21.6. The molecular weight excluding hydrogens is 767 g/mol. The highest BCUT2D eigenvalue weighted by Crippen LogP contribution is 2.61. The number of fused-ring (bicyclic) bond motifs is 18. The van der Waals surface area contributed by atoms with Gasteiger partial charge in [-0.25, -0.2) is 15.0 Å². The van der Waals surface area contributed by atoms with Crippen molar-refractivity contribution < 1.29 is 4.42 Å². The largest absolute Gasteiger partial charge is 0.455 e. The molecule has 0 radical (unpaired) electrons. The summed E-state index contributed by atoms with van der Waals surface area (Å²) in [4.78, 5) is 16.3. The topological polar surface area (TPSA) is 51.8 Å². The molecule has 11 aromatic rings. The van der Waals surface area contributed by atoms with Gasteiger partial charge in [0.15, 0.2) is 17.5 Å². The van der Waals surface area contributed by atoms with E-state index in [4.69, 9.17) is 19.4 Å². The number of hydrogen-bond donors (Lipinski definition) is 0. The third-order valence-corrected chi connectivity index (χ3v) is 13.8. The predicted molar refractivity (Wildman–Crippen MR) is 253 cm³/mol. The maximum atomic E-state index is 6.63. The highest BCUT2D eigenvalue weighted by atomic mass is 16.3. The summed E-state index contributed by atoms with van der Waals surface area (Å²) in [6, 6.07) is 72.4. The number of rotatable bonds is 3. The molecule has 3 aliphatic rings. The van der Waals surface area contributed by atoms with E-state index < -0.39 is 5.41 Å². The van der Waals surface area contributed by atoms with E-state index in [-0.39, 0.29) is 0 Å². The Balaban J connectivity index is 1.08. The van der Waals surface area contributed by atoms with Crippen LogP contribution in [0, 0.1) is 0 Å². The van der Waals surface area contributed by atoms with E-state index in [2.05, 4.69) is 188 Å². The molecule has 0 aliphatic heterocycles. The van der Waals surface area contributed by atoms with Crippen molar-refractivity contribution in [1.29, 1.82) is 0 Å². The monoisotopic (exact) mass is 801 g/mol. The van der Waals surface area contributed by atoms with Crippen molar-refractivity contribution >= 4 is 21.9 Å². The van der Waals surface area contributed by atoms with Crippen LogP contribution in [0.5, 0.6) is 0 Å². The summed E-state index contributed by atoms with van der Waals surface area (Å²) in [5.74, 6) is 1.81. The van der Waals surface area contributed by atoms with Crippen LogP contribution in [0.25, 0.3) is 101 Å². The summed E-state index contributed by atoms with van der Waals surface area (Å²) in [5.41, 5.74) is 21.1. The van der Waals surface area contributed by atoms with Crippen LogP contribution in [0.2, 0.25) is 0 Å². The summed E-state index contributed by atoms with van der Waals surface area (Å²) in [6.45, 7) is 0. The van der Waals surface area contributed by atoms with Gasteiger partial charge in [-0.2, -0.15) is 0 Å². The van der Waals surface area contributed by atoms with Crippen LogP contribution in [-0.2, 0) is 11.8 Å². The first kappa shape index (κ1) is 34.5. The van der Waals surface area contributed by atoms with Gasteiger partial charge in [0.25, 0.3) is 0 Å². The van der Waals surface area contributed by atoms with Crippen LogP contribution in [0.1, 0.15) is 33.4 Å². The Kier molecular flexibility index (Phi) is 7.06. The molecule has 0 unspecified atom stereocenters. The van der Waals surface area contributed by atoms with Crippen LogP contribution in [0.4, 0.5) is 0 Å². The third kappa shape index (κ3) is 4.72. The Labute approximate surface area is 363 Å². The smallest absolute Gasteiger partial charge is 0.167 e. The molecule has 2 aromatic heterocycles. The van der Waals surface area contributed by atoms with Gasteiger partial charge < -0.3 is 4.42 Å². The lowest BCUT2D eigenvalue weighted by molar-refractivity contribution is 0.669. The molecule has 0 amide bonds. The lowest BCUT2D eigenvalue weighted by Gasteiger charge is -2.35. The van der Waals surface area contributed by atoms with Gasteiger partial charge in [0.05, 0.1) is 11.0 Å². The van der Waals surface area contributed by atoms with Crippen LogP contribution in [0.3, 0.4) is 0 Å². The molecule has 9 aromatic carbocycles. The van der Waals surface area contributed by atoms with Crippen molar-refractivity contribution in [3.63, 3.8) is 0 Å². The molecule has 0 N–H and O–H groups in total. The normalized spacial score (nSPS) is 13.5. The van der Waals surface area contributed by atoms with Crippen molar-refractivity contribution in [1.82, 2.24) is 15.0 Å². The molecule has 0 saturated heterocycles. The summed E-state index contributed by atoms with van der Waals surface area (Å²) >= 11 is 0. The highest BCUT2D eigenvalue weighted by Gasteiger charge is 2.49. The highest BCUT2D eigenvalue weighted by molar-refractivity contribution is 6.09. The zero-order valence-corrected chi connectivity index (χ0v) is 34.0. The third-order valence-electron chi connectivity index (χ3n) is 13.8. The molecule has 292 valence electrons. The van der Waals surface area contributed by atoms with Crippen molar-refractivity contribution in [2.24, 2.45) is 0 Å². The molecular formula is C59H35N3O. The Morgan fingerprint density at radius 1 is 0.349 bits per heavy atom. The standard InChI is InChI=1S/C59H35N3O/c1-2-17-38-35(15-1)33-36-16-13-25-47(54(36)38)57-60-56(61-58(62-57)48-26-14-24-46-45-23-8-12-30-53(45)63-55(46)48)37-31-32-44-40-19-4-3-18-39(40)41-20-5-9-27-49(41)59(52(44)34-37)50-28-10-6-21-42(50)43-22-7-11-29-51(43)59/h1-32,34H,33H2. The Morgan fingerprint density at radius 3 is 1.57 bits per heavy atom. The maximum Gasteiger partial charge on any atom is 0.167 e. The van der Waals surface area contributed by atoms with Crippen LogP contribution in [0.15, 0.2) is 205 Å². The fourth-order valence-electron chi connectivity index (χ4n) is 11.2. The number of para-hydroxylation sites is 2. The number of hydrogen-bond acceptors (Lipinski definition) is 4. The van der Waals surface area contributed by atoms with Crippen LogP contribution >= 0.6 is 0 Å². The predicted octanol–water partition coefficient (Wildman–Crippen LogP) is 14.4. The van der Waals surface area contributed by atoms with Gasteiger partial charge in [-0.15, -0.1) is 0 Å². The second-order valence-corrected chi connectivity index (χ2v) is 17.0. The van der Waals surface area contributed by atoms with Gasteiger partial charge >= 0.3 is 0 Å². The summed E-state index contributed by atoms with van der Waals surface area (Å²) in [7, 11) is 0. The van der Waals surface area contributed by atoms with Crippen molar-refractivity contribution in [2.75, 3.05) is 0 Å². The van der Waals surface area contributed by atoms with E-state index in [1.165, 1.54) is 77.9 Å². The first-order valence-corrected chi connectivity index (χ1v) is 21.6. The summed E-state index contributed by atoms with van der Waals surface area (Å²) in [6.07, 6.45) is 0.876. The SMILES string of the molecule is c1ccc2c(c1)Cc1cccc(-c3nc(-c4ccc5c(c4)C4(c6ccccc6-c6ccccc6-5)c5ccccc5-c5ccccc54)nc(-c4cccc5c4oc4ccccc45)n3)c1-2. The molecule has 0 bridgehead atoms. The van der Waals surface area contributed by atoms with Crippen molar-refractivity contribution in [3.05, 3.63) is 234 Å². The molecule has 0 saturated carbocycles. The van der Waals surface area contributed by atoms with Gasteiger partial charge in [0.2, 0.25) is 0 Å². The lowest BCUT2D eigenvalue weighted by atomic mass is 9.65. The minimum Gasteiger partial charge on any atom is -0.455 e. The number of aromatic nitrogens is 3. The van der Waals surface area contributed by atoms with E-state index in [0.717, 1.165) is 45.0 Å². The molecule has 0 fully saturated rings. The zero-order chi connectivity index (χ0) is 41.2. The van der Waals surface area contributed by atoms with Crippen LogP contribution in [-0.4, -0.2) is 15.0 Å². The molecule has 14 rings (SSSR count). The molecule has 2 heterocycles. The average molecular weight is 802 g/mol. The van der Waals surface area contributed by atoms with Gasteiger partial charge in [0, 0.05) is 21.9 Å². The Hall–Kier alpha value is -8.21. The van der Waals surface area contributed by atoms with E-state index in [1.807, 2.05) is 12.1 Å². The molecule has 0 atom stereocenters. The fraction of sp³-hybridized carbons (Fsp3) is 0.0339. The van der Waals surface area contributed by atoms with Gasteiger partial charge in [-0.3, -0.25) is 0 Å². The molecule has 63 heavy (non-hydrogen) atoms. The van der Waals surface area contributed by atoms with E-state index in [1.54, 1.807) is 0 Å². The van der Waals surface area contributed by atoms with Crippen molar-refractivity contribution in [2.45, 2.75) is 11.8 Å². The molecule has 4 heteroatoms. The van der Waals surface area contributed by atoms with Gasteiger partial charge in [0.1, 0.15) is 11.2 Å². The minimum absolute atomic E-state index is 0.570. The second-order valence-electron chi connectivity index (χ2n) is 17.0. The maximum absolute atomic E-state index is 6.63. The van der Waals surface area contributed by atoms with Crippen LogP contribution < -0.4 is 0 Å². The number of furan rings is 1. The minimum atomic E-state index is -0.628. The van der Waals surface area contributed by atoms with Crippen molar-refractivity contribution in [3.8, 4) is 78.7 Å². The number of nitrogens with zero attached hydrogens (tertiary/aromatic N) is 3. The van der Waals surface area contributed by atoms with E-state index in [9.17, 15) is 0 Å². The first-order chi connectivity index (χ1) is 31.2. The molecule has 4 nitrogen and oxygen atoms in total. The lowest BCUT2D eigenvalue weighted by Crippen LogP contribution is -2.29. The van der Waals surface area contributed by atoms with E-state index in [0.29, 0.717) is 17.5 Å². The quantitative estimate of drug-likeness (QED) is 0.179. The molecule has 1 spiro atoms. The Bertz CT molecular complexity index is 3700. The average Bonchev–Trinajstić information content (AvgIpc) is 4.00. The van der Waals surface area contributed by atoms with Gasteiger partial charge in [-0.1, -0.05) is 182 Å². The second kappa shape index (κ2) is 12.9. The summed E-state index contributed by atoms with van der Waals surface area (Å²) in [5, 5.41) is 2.10. The van der Waals surface area contributed by atoms with E-state index >= 15 is 0 Å². The Morgan fingerprint density at radius 2 is 0.841 bits per heavy atom. The summed E-state index contributed by atoms with van der Waals surface area (Å²) < 4.78 is 6.63. The number of benzene rings is 9. The molecule has 3 aliphatic carbocycles. The van der Waals surface area contributed by atoms with Gasteiger partial charge in [-0.05, 0) is 103 Å². The fourth-order valence-corrected chi connectivity index (χ4v) is 11.2. The zero-order valence-electron chi connectivity index (χ0n) is 34.0.